The molecule has 2 aromatic rings. The Morgan fingerprint density at radius 2 is 2.04 bits per heavy atom. The third-order valence-electron chi connectivity index (χ3n) is 3.28. The Hall–Kier alpha value is -3.36. The molecule has 0 unspecified atom stereocenters. The molecule has 1 aromatic heterocycles. The van der Waals surface area contributed by atoms with Gasteiger partial charge in [0.1, 0.15) is 0 Å². The largest absolute Gasteiger partial charge is 0.454 e. The average molecular weight is 342 g/mol. The highest BCUT2D eigenvalue weighted by Gasteiger charge is 2.20. The van der Waals surface area contributed by atoms with Crippen LogP contribution in [0.1, 0.15) is 48.4 Å². The molecular weight excluding hydrogens is 324 g/mol. The van der Waals surface area contributed by atoms with Gasteiger partial charge in [0.2, 0.25) is 0 Å². The maximum Gasteiger partial charge on any atom is 0.454 e. The Morgan fingerprint density at radius 3 is 2.60 bits per heavy atom. The second kappa shape index (κ2) is 7.95. The molecule has 0 saturated carbocycles. The number of nitrogens with one attached hydrogen (secondary N) is 2. The fourth-order valence-electron chi connectivity index (χ4n) is 1.96. The van der Waals surface area contributed by atoms with E-state index in [1.54, 1.807) is 0 Å². The van der Waals surface area contributed by atoms with E-state index in [4.69, 9.17) is 0 Å². The van der Waals surface area contributed by atoms with Gasteiger partial charge >= 0.3 is 17.7 Å². The summed E-state index contributed by atoms with van der Waals surface area (Å²) in [4.78, 5) is 24.8. The fourth-order valence-corrected chi connectivity index (χ4v) is 1.96. The lowest BCUT2D eigenvalue weighted by Gasteiger charge is -2.04. The average Bonchev–Trinajstić information content (AvgIpc) is 3.05. The van der Waals surface area contributed by atoms with Crippen LogP contribution in [0.5, 0.6) is 0 Å². The monoisotopic (exact) mass is 342 g/mol. The van der Waals surface area contributed by atoms with E-state index in [1.165, 1.54) is 11.8 Å². The van der Waals surface area contributed by atoms with Crippen LogP contribution in [-0.4, -0.2) is 32.2 Å². The Bertz CT molecular complexity index is 821. The number of hydrogen-bond donors (Lipinski definition) is 2. The zero-order chi connectivity index (χ0) is 18.4. The molecule has 2 N–H and O–H groups in total. The Morgan fingerprint density at radius 1 is 1.36 bits per heavy atom. The van der Waals surface area contributed by atoms with Gasteiger partial charge in [-0.05, 0) is 39.4 Å². The predicted molar refractivity (Wildman–Crippen MR) is 93.2 cm³/mol. The number of allylic oxidation sites excluding steroid dienone is 1. The summed E-state index contributed by atoms with van der Waals surface area (Å²) in [6, 6.07) is 8.16. The summed E-state index contributed by atoms with van der Waals surface area (Å²) in [6.07, 6.45) is 3.38. The topological polar surface area (TPSA) is 126 Å². The minimum atomic E-state index is -0.773. The molecule has 0 spiro atoms. The molecule has 1 aromatic carbocycles. The lowest BCUT2D eigenvalue weighted by Crippen LogP contribution is -2.19. The summed E-state index contributed by atoms with van der Waals surface area (Å²) >= 11 is 0. The first-order chi connectivity index (χ1) is 11.9. The van der Waals surface area contributed by atoms with E-state index < -0.39 is 16.8 Å². The molecule has 9 heteroatoms. The summed E-state index contributed by atoms with van der Waals surface area (Å²) in [5.41, 5.74) is 5.31. The van der Waals surface area contributed by atoms with Gasteiger partial charge in [0.05, 0.1) is 6.21 Å². The molecule has 0 fully saturated rings. The normalized spacial score (nSPS) is 11.9. The quantitative estimate of drug-likeness (QED) is 0.474. The number of nitro groups is 1. The summed E-state index contributed by atoms with van der Waals surface area (Å²) in [7, 11) is 0. The number of amides is 1. The zero-order valence-corrected chi connectivity index (χ0v) is 14.1. The SMILES string of the molecule is CC(/C=N/NC(=O)c1n[nH]c([N+](=O)[O-])n1)=C\c1ccc(C(C)C)cc1. The minimum Gasteiger partial charge on any atom is -0.390 e. The van der Waals surface area contributed by atoms with Crippen molar-refractivity contribution >= 4 is 24.1 Å². The van der Waals surface area contributed by atoms with E-state index in [9.17, 15) is 14.9 Å². The van der Waals surface area contributed by atoms with Crippen LogP contribution in [0.25, 0.3) is 6.08 Å². The number of hydrogen-bond acceptors (Lipinski definition) is 6. The molecule has 0 aliphatic heterocycles. The van der Waals surface area contributed by atoms with E-state index in [1.807, 2.05) is 30.2 Å². The molecule has 25 heavy (non-hydrogen) atoms. The molecule has 1 amide bonds. The van der Waals surface area contributed by atoms with Crippen molar-refractivity contribution in [3.63, 3.8) is 0 Å². The van der Waals surface area contributed by atoms with Gasteiger partial charge in [-0.15, -0.1) is 5.10 Å². The third-order valence-corrected chi connectivity index (χ3v) is 3.28. The van der Waals surface area contributed by atoms with Crippen molar-refractivity contribution < 1.29 is 9.72 Å². The second-order valence-corrected chi connectivity index (χ2v) is 5.65. The lowest BCUT2D eigenvalue weighted by molar-refractivity contribution is -0.394. The van der Waals surface area contributed by atoms with E-state index in [0.29, 0.717) is 5.92 Å². The van der Waals surface area contributed by atoms with Crippen LogP contribution in [0.4, 0.5) is 5.95 Å². The van der Waals surface area contributed by atoms with Crippen molar-refractivity contribution in [2.45, 2.75) is 26.7 Å². The maximum atomic E-state index is 11.7. The Labute approximate surface area is 144 Å². The van der Waals surface area contributed by atoms with Crippen molar-refractivity contribution in [1.82, 2.24) is 20.6 Å². The minimum absolute atomic E-state index is 0.352. The number of nitrogens with zero attached hydrogens (tertiary/aromatic N) is 4. The maximum absolute atomic E-state index is 11.7. The van der Waals surface area contributed by atoms with Gasteiger partial charge in [-0.1, -0.05) is 49.3 Å². The third kappa shape index (κ3) is 5.06. The van der Waals surface area contributed by atoms with Crippen LogP contribution in [-0.2, 0) is 0 Å². The lowest BCUT2D eigenvalue weighted by atomic mass is 10.0. The molecule has 130 valence electrons. The van der Waals surface area contributed by atoms with Crippen LogP contribution in [0.2, 0.25) is 0 Å². The van der Waals surface area contributed by atoms with Gasteiger partial charge in [0.25, 0.3) is 0 Å². The van der Waals surface area contributed by atoms with Crippen LogP contribution in [0.3, 0.4) is 0 Å². The predicted octanol–water partition coefficient (Wildman–Crippen LogP) is 2.66. The molecule has 2 rings (SSSR count). The smallest absolute Gasteiger partial charge is 0.390 e. The zero-order valence-electron chi connectivity index (χ0n) is 14.1. The van der Waals surface area contributed by atoms with Gasteiger partial charge in [0, 0.05) is 0 Å². The number of rotatable bonds is 6. The molecule has 9 nitrogen and oxygen atoms in total. The standard InChI is InChI=1S/C16H18N6O3/c1-10(2)13-6-4-12(5-7-13)8-11(3)9-17-20-15(23)14-18-16(21-19-14)22(24)25/h4-10H,1-3H3,(H,20,23)(H,18,19,21)/b11-8+,17-9+. The molecule has 0 atom stereocenters. The highest BCUT2D eigenvalue weighted by atomic mass is 16.6. The number of H-pyrrole nitrogens is 1. The summed E-state index contributed by atoms with van der Waals surface area (Å²) in [5, 5.41) is 19.8. The number of benzene rings is 1. The highest BCUT2D eigenvalue weighted by molar-refractivity contribution is 5.92. The van der Waals surface area contributed by atoms with Crippen molar-refractivity contribution in [1.29, 1.82) is 0 Å². The summed E-state index contributed by atoms with van der Waals surface area (Å²) in [6.45, 7) is 6.10. The summed E-state index contributed by atoms with van der Waals surface area (Å²) < 4.78 is 0. The van der Waals surface area contributed by atoms with E-state index >= 15 is 0 Å². The van der Waals surface area contributed by atoms with Crippen LogP contribution in [0, 0.1) is 10.1 Å². The molecule has 0 aliphatic rings. The van der Waals surface area contributed by atoms with Gasteiger partial charge in [-0.2, -0.15) is 5.10 Å². The van der Waals surface area contributed by atoms with Gasteiger partial charge in [-0.3, -0.25) is 4.79 Å². The fraction of sp³-hybridized carbons (Fsp3) is 0.250. The molecular formula is C16H18N6O3. The van der Waals surface area contributed by atoms with Crippen molar-refractivity contribution in [2.75, 3.05) is 0 Å². The van der Waals surface area contributed by atoms with Crippen LogP contribution >= 0.6 is 0 Å². The molecule has 1 heterocycles. The molecule has 0 bridgehead atoms. The number of aromatic nitrogens is 3. The highest BCUT2D eigenvalue weighted by Crippen LogP contribution is 2.15. The Kier molecular flexibility index (Phi) is 5.72. The first-order valence-corrected chi connectivity index (χ1v) is 7.55. The number of aromatic amines is 1. The van der Waals surface area contributed by atoms with E-state index in [0.717, 1.165) is 11.1 Å². The van der Waals surface area contributed by atoms with Crippen LogP contribution in [0.15, 0.2) is 34.9 Å². The summed E-state index contributed by atoms with van der Waals surface area (Å²) in [5.74, 6) is -1.22. The van der Waals surface area contributed by atoms with Gasteiger partial charge in [-0.25, -0.2) is 5.43 Å². The molecule has 0 aliphatic carbocycles. The van der Waals surface area contributed by atoms with Gasteiger partial charge < -0.3 is 10.1 Å². The van der Waals surface area contributed by atoms with Gasteiger partial charge in [0.15, 0.2) is 0 Å². The first kappa shape index (κ1) is 18.0. The first-order valence-electron chi connectivity index (χ1n) is 7.55. The Balaban J connectivity index is 1.95. The molecule has 0 radical (unpaired) electrons. The van der Waals surface area contributed by atoms with Crippen molar-refractivity contribution in [2.24, 2.45) is 5.10 Å². The van der Waals surface area contributed by atoms with Crippen molar-refractivity contribution in [3.05, 3.63) is 56.9 Å². The molecule has 0 saturated heterocycles. The van der Waals surface area contributed by atoms with Crippen molar-refractivity contribution in [3.8, 4) is 0 Å². The number of carbonyl (C=O) groups excluding carboxylic acids is 1. The number of carbonyl (C=O) groups is 1. The van der Waals surface area contributed by atoms with E-state index in [2.05, 4.69) is 46.6 Å². The van der Waals surface area contributed by atoms with Crippen LogP contribution < -0.4 is 5.43 Å². The van der Waals surface area contributed by atoms with E-state index in [-0.39, 0.29) is 5.82 Å². The number of hydrazone groups is 1. The second-order valence-electron chi connectivity index (χ2n) is 5.65.